The highest BCUT2D eigenvalue weighted by atomic mass is 16.7. The maximum Gasteiger partial charge on any atom is 0.305 e. The lowest BCUT2D eigenvalue weighted by molar-refractivity contribution is -0.302. The van der Waals surface area contributed by atoms with Crippen molar-refractivity contribution in [3.8, 4) is 0 Å². The SMILES string of the molecule is CCCCCCCC/C=C\CCCCCCCCCCCC(=O)OCCCCCCCCCCCCCCCCCCCCCCCCCCCCCCCCCCCC(=O)NC(COC1OC(CO)C(O)C(O)C1O)C(O)/C=C/CCCCCCCCC. The van der Waals surface area contributed by atoms with Gasteiger partial charge in [-0.1, -0.05) is 353 Å². The second-order valence-electron chi connectivity index (χ2n) is 27.4. The van der Waals surface area contributed by atoms with E-state index in [9.17, 15) is 35.1 Å². The molecule has 1 aliphatic heterocycles. The maximum atomic E-state index is 13.0. The van der Waals surface area contributed by atoms with E-state index in [1.165, 1.54) is 315 Å². The monoisotopic (exact) mass is 1260 g/mol. The number of nitrogens with one attached hydrogen (secondary N) is 1. The van der Waals surface area contributed by atoms with Gasteiger partial charge in [0.25, 0.3) is 0 Å². The summed E-state index contributed by atoms with van der Waals surface area (Å²) in [6.45, 7) is 4.36. The molecule has 6 N–H and O–H groups in total. The standard InChI is InChI=1S/C78H149NO10/c1-3-5-7-9-11-13-14-15-16-17-33-37-40-43-46-50-54-58-62-66-74(83)87-67-63-59-55-51-47-44-41-38-35-32-30-28-26-24-22-20-18-19-21-23-25-27-29-31-34-36-39-42-45-49-53-57-61-65-73(82)79-70(71(81)64-60-56-52-48-12-10-8-6-4-2)69-88-78-77(86)76(85)75(84)72(68-80)89-78/h15-16,60,64,70-72,75-78,80-81,84-86H,3-14,17-59,61-63,65-69H2,1-2H3,(H,79,82)/b16-15-,64-60+. The van der Waals surface area contributed by atoms with Crippen molar-refractivity contribution < 1.29 is 49.3 Å². The van der Waals surface area contributed by atoms with Crippen molar-refractivity contribution in [1.82, 2.24) is 5.32 Å². The van der Waals surface area contributed by atoms with Gasteiger partial charge in [0.2, 0.25) is 5.91 Å². The molecular weight excluding hydrogens is 1110 g/mol. The van der Waals surface area contributed by atoms with Crippen LogP contribution in [0.3, 0.4) is 0 Å². The molecule has 1 heterocycles. The number of aliphatic hydroxyl groups excluding tert-OH is 5. The van der Waals surface area contributed by atoms with E-state index in [1.54, 1.807) is 6.08 Å². The average Bonchev–Trinajstić information content (AvgIpc) is 1.96. The molecule has 1 amide bonds. The summed E-state index contributed by atoms with van der Waals surface area (Å²) in [6, 6.07) is -0.804. The molecule has 0 aromatic carbocycles. The van der Waals surface area contributed by atoms with Gasteiger partial charge < -0.3 is 45.1 Å². The van der Waals surface area contributed by atoms with Crippen LogP contribution in [-0.2, 0) is 23.8 Å². The van der Waals surface area contributed by atoms with Crippen LogP contribution in [0.5, 0.6) is 0 Å². The van der Waals surface area contributed by atoms with Crippen molar-refractivity contribution in [2.75, 3.05) is 19.8 Å². The molecule has 1 rings (SSSR count). The van der Waals surface area contributed by atoms with Gasteiger partial charge in [0.05, 0.1) is 32.0 Å². The number of allylic oxidation sites excluding steroid dienone is 3. The number of esters is 1. The van der Waals surface area contributed by atoms with E-state index in [0.717, 1.165) is 57.8 Å². The Morgan fingerprint density at radius 2 is 0.719 bits per heavy atom. The number of hydrogen-bond donors (Lipinski definition) is 6. The summed E-state index contributed by atoms with van der Waals surface area (Å²) in [5.74, 6) is -0.162. The van der Waals surface area contributed by atoms with E-state index in [2.05, 4.69) is 31.3 Å². The Labute approximate surface area is 550 Å². The minimum absolute atomic E-state index is 0.0148. The van der Waals surface area contributed by atoms with Crippen molar-refractivity contribution in [2.45, 2.75) is 442 Å². The average molecular weight is 1260 g/mol. The van der Waals surface area contributed by atoms with Crippen LogP contribution in [0.2, 0.25) is 0 Å². The molecule has 0 radical (unpaired) electrons. The van der Waals surface area contributed by atoms with Gasteiger partial charge in [-0.3, -0.25) is 9.59 Å². The van der Waals surface area contributed by atoms with Crippen LogP contribution in [0.1, 0.15) is 399 Å². The fourth-order valence-corrected chi connectivity index (χ4v) is 12.7. The van der Waals surface area contributed by atoms with Crippen LogP contribution in [0.25, 0.3) is 0 Å². The van der Waals surface area contributed by atoms with E-state index in [-0.39, 0.29) is 18.5 Å². The highest BCUT2D eigenvalue weighted by Crippen LogP contribution is 2.24. The van der Waals surface area contributed by atoms with Crippen molar-refractivity contribution in [2.24, 2.45) is 0 Å². The van der Waals surface area contributed by atoms with E-state index >= 15 is 0 Å². The summed E-state index contributed by atoms with van der Waals surface area (Å²) in [6.07, 6.45) is 76.5. The molecule has 0 spiro atoms. The number of rotatable bonds is 70. The Hall–Kier alpha value is -1.86. The van der Waals surface area contributed by atoms with Crippen molar-refractivity contribution in [3.63, 3.8) is 0 Å². The fraction of sp³-hybridized carbons (Fsp3) is 0.923. The molecule has 0 bridgehead atoms. The summed E-state index contributed by atoms with van der Waals surface area (Å²) in [4.78, 5) is 25.2. The second kappa shape index (κ2) is 67.6. The Morgan fingerprint density at radius 3 is 1.08 bits per heavy atom. The van der Waals surface area contributed by atoms with Crippen LogP contribution in [0.4, 0.5) is 0 Å². The van der Waals surface area contributed by atoms with Gasteiger partial charge in [0.15, 0.2) is 6.29 Å². The number of hydrogen-bond acceptors (Lipinski definition) is 10. The minimum atomic E-state index is -1.57. The molecule has 1 fully saturated rings. The molecule has 0 saturated carbocycles. The lowest BCUT2D eigenvalue weighted by atomic mass is 9.99. The Morgan fingerprint density at radius 1 is 0.404 bits per heavy atom. The third-order valence-electron chi connectivity index (χ3n) is 18.8. The first-order chi connectivity index (χ1) is 43.7. The predicted molar refractivity (Wildman–Crippen MR) is 375 cm³/mol. The molecule has 89 heavy (non-hydrogen) atoms. The molecule has 1 saturated heterocycles. The van der Waals surface area contributed by atoms with Crippen LogP contribution in [0.15, 0.2) is 24.3 Å². The zero-order chi connectivity index (χ0) is 64.4. The minimum Gasteiger partial charge on any atom is -0.466 e. The maximum absolute atomic E-state index is 13.0. The Bertz CT molecular complexity index is 1530. The molecule has 0 aliphatic carbocycles. The molecule has 11 nitrogen and oxygen atoms in total. The summed E-state index contributed by atoms with van der Waals surface area (Å²) in [5.41, 5.74) is 0. The summed E-state index contributed by atoms with van der Waals surface area (Å²) < 4.78 is 16.8. The number of aliphatic hydroxyl groups is 5. The molecule has 7 unspecified atom stereocenters. The quantitative estimate of drug-likeness (QED) is 0.0195. The van der Waals surface area contributed by atoms with Gasteiger partial charge in [0, 0.05) is 12.8 Å². The zero-order valence-corrected chi connectivity index (χ0v) is 58.7. The number of carbonyl (C=O) groups excluding carboxylic acids is 2. The first-order valence-corrected chi connectivity index (χ1v) is 39.1. The number of unbranched alkanes of at least 4 members (excludes halogenated alkanes) is 54. The molecule has 11 heteroatoms. The summed E-state index contributed by atoms with van der Waals surface area (Å²) >= 11 is 0. The van der Waals surface area contributed by atoms with E-state index in [1.807, 2.05) is 6.08 Å². The smallest absolute Gasteiger partial charge is 0.305 e. The Balaban J connectivity index is 1.84. The molecule has 526 valence electrons. The van der Waals surface area contributed by atoms with Crippen LogP contribution >= 0.6 is 0 Å². The number of carbonyl (C=O) groups is 2. The zero-order valence-electron chi connectivity index (χ0n) is 58.7. The lowest BCUT2D eigenvalue weighted by Crippen LogP contribution is -2.60. The molecular formula is C78H149NO10. The van der Waals surface area contributed by atoms with E-state index in [0.29, 0.717) is 19.4 Å². The molecule has 7 atom stereocenters. The van der Waals surface area contributed by atoms with Crippen LogP contribution < -0.4 is 5.32 Å². The lowest BCUT2D eigenvalue weighted by Gasteiger charge is -2.40. The normalized spacial score (nSPS) is 17.8. The largest absolute Gasteiger partial charge is 0.466 e. The van der Waals surface area contributed by atoms with Gasteiger partial charge >= 0.3 is 5.97 Å². The van der Waals surface area contributed by atoms with Crippen molar-refractivity contribution in [1.29, 1.82) is 0 Å². The highest BCUT2D eigenvalue weighted by Gasteiger charge is 2.44. The van der Waals surface area contributed by atoms with Gasteiger partial charge in [0.1, 0.15) is 24.4 Å². The highest BCUT2D eigenvalue weighted by molar-refractivity contribution is 5.76. The van der Waals surface area contributed by atoms with Crippen molar-refractivity contribution >= 4 is 11.9 Å². The van der Waals surface area contributed by atoms with E-state index < -0.39 is 49.5 Å². The molecule has 0 aromatic heterocycles. The summed E-state index contributed by atoms with van der Waals surface area (Å²) in [5, 5.41) is 54.3. The first kappa shape index (κ1) is 85.2. The van der Waals surface area contributed by atoms with Gasteiger partial charge in [-0.05, 0) is 57.8 Å². The third kappa shape index (κ3) is 56.2. The predicted octanol–water partition coefficient (Wildman–Crippen LogP) is 20.8. The fourth-order valence-electron chi connectivity index (χ4n) is 12.7. The Kier molecular flexibility index (Phi) is 64.6. The number of ether oxygens (including phenoxy) is 3. The first-order valence-electron chi connectivity index (χ1n) is 39.1. The van der Waals surface area contributed by atoms with Gasteiger partial charge in [-0.15, -0.1) is 0 Å². The van der Waals surface area contributed by atoms with Gasteiger partial charge in [-0.2, -0.15) is 0 Å². The van der Waals surface area contributed by atoms with Crippen LogP contribution in [-0.4, -0.2) is 100 Å². The second-order valence-corrected chi connectivity index (χ2v) is 27.4. The molecule has 0 aromatic rings. The van der Waals surface area contributed by atoms with Crippen molar-refractivity contribution in [3.05, 3.63) is 24.3 Å². The summed E-state index contributed by atoms with van der Waals surface area (Å²) in [7, 11) is 0. The third-order valence-corrected chi connectivity index (χ3v) is 18.8. The molecule has 1 aliphatic rings. The number of amides is 1. The van der Waals surface area contributed by atoms with Crippen LogP contribution in [0, 0.1) is 0 Å². The van der Waals surface area contributed by atoms with Gasteiger partial charge in [-0.25, -0.2) is 0 Å². The van der Waals surface area contributed by atoms with E-state index in [4.69, 9.17) is 14.2 Å². The topological polar surface area (TPSA) is 175 Å².